The molecule has 2 aliphatic rings. The van der Waals surface area contributed by atoms with Crippen LogP contribution in [0.5, 0.6) is 0 Å². The fraction of sp³-hybridized carbons (Fsp3) is 0.933. The van der Waals surface area contributed by atoms with E-state index >= 15 is 0 Å². The highest BCUT2D eigenvalue weighted by Gasteiger charge is 2.37. The number of carbonyl (C=O) groups is 1. The van der Waals surface area contributed by atoms with Gasteiger partial charge in [0.25, 0.3) is 0 Å². The lowest BCUT2D eigenvalue weighted by Gasteiger charge is -2.42. The summed E-state index contributed by atoms with van der Waals surface area (Å²) in [5, 5.41) is 9.52. The summed E-state index contributed by atoms with van der Waals surface area (Å²) >= 11 is 0. The molecule has 0 radical (unpaired) electrons. The molecule has 0 unspecified atom stereocenters. The Kier molecular flexibility index (Phi) is 5.09. The second kappa shape index (κ2) is 6.48. The van der Waals surface area contributed by atoms with Gasteiger partial charge in [-0.25, -0.2) is 9.18 Å². The summed E-state index contributed by atoms with van der Waals surface area (Å²) in [6.45, 7) is 7.52. The van der Waals surface area contributed by atoms with Crippen LogP contribution in [0.2, 0.25) is 0 Å². The molecule has 2 saturated heterocycles. The van der Waals surface area contributed by atoms with Crippen LogP contribution < -0.4 is 0 Å². The van der Waals surface area contributed by atoms with E-state index in [9.17, 15) is 14.3 Å². The number of alkyl halides is 1. The van der Waals surface area contributed by atoms with Gasteiger partial charge in [0.15, 0.2) is 0 Å². The van der Waals surface area contributed by atoms with Crippen LogP contribution in [0.3, 0.4) is 0 Å². The molecule has 1 N–H and O–H groups in total. The molecule has 0 saturated carbocycles. The second-order valence-corrected chi connectivity index (χ2v) is 7.07. The van der Waals surface area contributed by atoms with Crippen molar-refractivity contribution in [1.29, 1.82) is 0 Å². The van der Waals surface area contributed by atoms with Crippen molar-refractivity contribution < 1.29 is 19.0 Å². The van der Waals surface area contributed by atoms with E-state index in [1.807, 2.05) is 20.8 Å². The quantitative estimate of drug-likeness (QED) is 0.802. The number of carbonyl (C=O) groups excluding carboxylic acids is 1. The van der Waals surface area contributed by atoms with Gasteiger partial charge < -0.3 is 14.7 Å². The fourth-order valence-corrected chi connectivity index (χ4v) is 3.01. The third-order valence-electron chi connectivity index (χ3n) is 4.13. The van der Waals surface area contributed by atoms with E-state index < -0.39 is 17.9 Å². The molecule has 0 spiro atoms. The molecule has 2 aliphatic heterocycles. The highest BCUT2D eigenvalue weighted by Crippen LogP contribution is 2.24. The zero-order valence-electron chi connectivity index (χ0n) is 13.2. The van der Waals surface area contributed by atoms with Gasteiger partial charge in [-0.3, -0.25) is 4.90 Å². The van der Waals surface area contributed by atoms with Gasteiger partial charge in [-0.1, -0.05) is 0 Å². The van der Waals surface area contributed by atoms with Gasteiger partial charge in [-0.05, 0) is 40.0 Å². The van der Waals surface area contributed by atoms with Crippen LogP contribution in [0.25, 0.3) is 0 Å². The van der Waals surface area contributed by atoms with E-state index in [2.05, 4.69) is 4.90 Å². The van der Waals surface area contributed by atoms with E-state index in [1.54, 1.807) is 0 Å². The minimum absolute atomic E-state index is 0.0959. The number of amides is 1. The normalized spacial score (nSPS) is 29.5. The lowest BCUT2D eigenvalue weighted by atomic mass is 9.98. The van der Waals surface area contributed by atoms with Crippen molar-refractivity contribution in [2.75, 3.05) is 26.2 Å². The number of piperidine rings is 2. The molecular weight excluding hydrogens is 275 g/mol. The van der Waals surface area contributed by atoms with Crippen LogP contribution in [0.4, 0.5) is 9.18 Å². The first-order valence-electron chi connectivity index (χ1n) is 7.80. The Morgan fingerprint density at radius 3 is 2.33 bits per heavy atom. The topological polar surface area (TPSA) is 53.0 Å². The van der Waals surface area contributed by atoms with E-state index in [0.29, 0.717) is 25.8 Å². The first-order chi connectivity index (χ1) is 9.76. The monoisotopic (exact) mass is 302 g/mol. The number of hydrogen-bond donors (Lipinski definition) is 1. The number of aliphatic hydroxyl groups excluding tert-OH is 1. The number of rotatable bonds is 1. The van der Waals surface area contributed by atoms with Gasteiger partial charge >= 0.3 is 6.09 Å². The minimum atomic E-state index is -1.05. The summed E-state index contributed by atoms with van der Waals surface area (Å²) in [7, 11) is 0. The highest BCUT2D eigenvalue weighted by atomic mass is 19.1. The van der Waals surface area contributed by atoms with E-state index in [1.165, 1.54) is 4.90 Å². The van der Waals surface area contributed by atoms with E-state index in [-0.39, 0.29) is 18.7 Å². The van der Waals surface area contributed by atoms with Crippen LogP contribution in [0, 0.1) is 0 Å². The van der Waals surface area contributed by atoms with Crippen molar-refractivity contribution >= 4 is 6.09 Å². The maximum Gasteiger partial charge on any atom is 0.410 e. The molecule has 2 atom stereocenters. The standard InChI is InChI=1S/C15H27FN2O3/c1-15(2,3)21-14(20)18-9-6-13(12(16)10-18)17-7-4-11(19)5-8-17/h11-13,19H,4-10H2,1-3H3/t12-,13-/m1/s1. The maximum absolute atomic E-state index is 14.4. The molecule has 2 heterocycles. The lowest BCUT2D eigenvalue weighted by molar-refractivity contribution is -0.0177. The minimum Gasteiger partial charge on any atom is -0.444 e. The molecule has 5 nitrogen and oxygen atoms in total. The van der Waals surface area contributed by atoms with Crippen molar-refractivity contribution in [1.82, 2.24) is 9.80 Å². The van der Waals surface area contributed by atoms with Gasteiger partial charge in [0.05, 0.1) is 12.6 Å². The largest absolute Gasteiger partial charge is 0.444 e. The molecule has 2 fully saturated rings. The Morgan fingerprint density at radius 2 is 1.81 bits per heavy atom. The lowest BCUT2D eigenvalue weighted by Crippen LogP contribution is -2.56. The predicted octanol–water partition coefficient (Wildman–Crippen LogP) is 1.79. The molecule has 1 amide bonds. The number of aliphatic hydroxyl groups is 1. The SMILES string of the molecule is CC(C)(C)OC(=O)N1CC[C@@H](N2CCC(O)CC2)[C@H](F)C1. The Labute approximate surface area is 126 Å². The van der Waals surface area contributed by atoms with Crippen molar-refractivity contribution in [2.45, 2.75) is 64.0 Å². The number of likely N-dealkylation sites (tertiary alicyclic amines) is 2. The van der Waals surface area contributed by atoms with E-state index in [0.717, 1.165) is 13.1 Å². The Hall–Kier alpha value is -0.880. The van der Waals surface area contributed by atoms with Crippen LogP contribution in [-0.4, -0.2) is 71.1 Å². The molecular formula is C15H27FN2O3. The number of nitrogens with zero attached hydrogens (tertiary/aromatic N) is 2. The van der Waals surface area contributed by atoms with Crippen LogP contribution >= 0.6 is 0 Å². The predicted molar refractivity (Wildman–Crippen MR) is 77.9 cm³/mol. The molecule has 6 heteroatoms. The molecule has 0 aromatic rings. The Balaban J connectivity index is 1.86. The average Bonchev–Trinajstić information content (AvgIpc) is 2.38. The number of hydrogen-bond acceptors (Lipinski definition) is 4. The molecule has 0 aromatic heterocycles. The second-order valence-electron chi connectivity index (χ2n) is 7.07. The molecule has 0 aromatic carbocycles. The van der Waals surface area contributed by atoms with Gasteiger partial charge in [-0.2, -0.15) is 0 Å². The van der Waals surface area contributed by atoms with E-state index in [4.69, 9.17) is 4.74 Å². The summed E-state index contributed by atoms with van der Waals surface area (Å²) in [4.78, 5) is 15.6. The van der Waals surface area contributed by atoms with Gasteiger partial charge in [0.2, 0.25) is 0 Å². The molecule has 2 rings (SSSR count). The highest BCUT2D eigenvalue weighted by molar-refractivity contribution is 5.68. The fourth-order valence-electron chi connectivity index (χ4n) is 3.01. The smallest absolute Gasteiger partial charge is 0.410 e. The van der Waals surface area contributed by atoms with Gasteiger partial charge in [0, 0.05) is 25.7 Å². The first kappa shape index (κ1) is 16.5. The van der Waals surface area contributed by atoms with Crippen molar-refractivity contribution in [3.05, 3.63) is 0 Å². The zero-order valence-corrected chi connectivity index (χ0v) is 13.2. The summed E-state index contributed by atoms with van der Waals surface area (Å²) in [5.74, 6) is 0. The zero-order chi connectivity index (χ0) is 15.6. The molecule has 21 heavy (non-hydrogen) atoms. The summed E-state index contributed by atoms with van der Waals surface area (Å²) < 4.78 is 19.7. The molecule has 122 valence electrons. The molecule has 0 bridgehead atoms. The van der Waals surface area contributed by atoms with Crippen molar-refractivity contribution in [2.24, 2.45) is 0 Å². The Morgan fingerprint density at radius 1 is 1.19 bits per heavy atom. The summed E-state index contributed by atoms with van der Waals surface area (Å²) in [6.07, 6.45) is 0.300. The van der Waals surface area contributed by atoms with Crippen molar-refractivity contribution in [3.8, 4) is 0 Å². The number of halogens is 1. The first-order valence-corrected chi connectivity index (χ1v) is 7.80. The third-order valence-corrected chi connectivity index (χ3v) is 4.13. The summed E-state index contributed by atoms with van der Waals surface area (Å²) in [6, 6.07) is -0.142. The maximum atomic E-state index is 14.4. The summed E-state index contributed by atoms with van der Waals surface area (Å²) in [5.41, 5.74) is -0.553. The Bertz CT molecular complexity index is 364. The van der Waals surface area contributed by atoms with Crippen molar-refractivity contribution in [3.63, 3.8) is 0 Å². The molecule has 0 aliphatic carbocycles. The van der Waals surface area contributed by atoms with Gasteiger partial charge in [-0.15, -0.1) is 0 Å². The third kappa shape index (κ3) is 4.54. The van der Waals surface area contributed by atoms with Crippen LogP contribution in [-0.2, 0) is 4.74 Å². The van der Waals surface area contributed by atoms with Gasteiger partial charge in [0.1, 0.15) is 11.8 Å². The van der Waals surface area contributed by atoms with Crippen LogP contribution in [0.15, 0.2) is 0 Å². The number of ether oxygens (including phenoxy) is 1. The average molecular weight is 302 g/mol. The van der Waals surface area contributed by atoms with Crippen LogP contribution in [0.1, 0.15) is 40.0 Å².